The Morgan fingerprint density at radius 2 is 1.97 bits per heavy atom. The zero-order valence-corrected chi connectivity index (χ0v) is 17.9. The van der Waals surface area contributed by atoms with Gasteiger partial charge in [0.05, 0.1) is 47.9 Å². The minimum atomic E-state index is -4.66. The van der Waals surface area contributed by atoms with E-state index >= 15 is 0 Å². The lowest BCUT2D eigenvalue weighted by Gasteiger charge is -2.47. The van der Waals surface area contributed by atoms with Gasteiger partial charge in [-0.3, -0.25) is 9.20 Å². The van der Waals surface area contributed by atoms with E-state index in [9.17, 15) is 22.4 Å². The predicted octanol–water partition coefficient (Wildman–Crippen LogP) is 4.05. The molecule has 3 heterocycles. The number of carbonyl (C=O) groups excluding carboxylic acids is 1. The van der Waals surface area contributed by atoms with Gasteiger partial charge in [-0.25, -0.2) is 14.4 Å². The molecule has 2 N–H and O–H groups in total. The molecule has 1 fully saturated rings. The van der Waals surface area contributed by atoms with E-state index in [1.54, 1.807) is 42.0 Å². The molecular formula is C23H19F4N5O2. The van der Waals surface area contributed by atoms with Crippen molar-refractivity contribution in [1.82, 2.24) is 19.3 Å². The molecule has 1 saturated heterocycles. The fourth-order valence-electron chi connectivity index (χ4n) is 4.05. The van der Waals surface area contributed by atoms with Crippen LogP contribution in [0.3, 0.4) is 0 Å². The Morgan fingerprint density at radius 1 is 1.21 bits per heavy atom. The largest absolute Gasteiger partial charge is 0.416 e. The van der Waals surface area contributed by atoms with Gasteiger partial charge in [-0.1, -0.05) is 6.07 Å². The molecule has 0 aliphatic carbocycles. The van der Waals surface area contributed by atoms with E-state index < -0.39 is 29.0 Å². The van der Waals surface area contributed by atoms with Crippen LogP contribution in [0, 0.1) is 5.82 Å². The van der Waals surface area contributed by atoms with Gasteiger partial charge in [0, 0.05) is 17.7 Å². The molecule has 2 aromatic heterocycles. The molecule has 0 unspecified atom stereocenters. The van der Waals surface area contributed by atoms with Gasteiger partial charge in [-0.15, -0.1) is 0 Å². The number of halogens is 4. The molecule has 0 radical (unpaired) electrons. The molecule has 1 amide bonds. The van der Waals surface area contributed by atoms with Gasteiger partial charge in [-0.2, -0.15) is 13.2 Å². The smallest absolute Gasteiger partial charge is 0.382 e. The number of nitrogen functional groups attached to an aromatic ring is 1. The van der Waals surface area contributed by atoms with Crippen molar-refractivity contribution in [2.24, 2.45) is 0 Å². The molecule has 1 aliphatic rings. The third-order valence-electron chi connectivity index (χ3n) is 6.06. The summed E-state index contributed by atoms with van der Waals surface area (Å²) in [6.45, 7) is 2.01. The number of alkyl halides is 3. The number of hydrogen-bond acceptors (Lipinski definition) is 5. The number of ether oxygens (including phenoxy) is 1. The summed E-state index contributed by atoms with van der Waals surface area (Å²) in [7, 11) is 0. The third kappa shape index (κ3) is 3.61. The molecule has 0 bridgehead atoms. The minimum absolute atomic E-state index is 0.0262. The summed E-state index contributed by atoms with van der Waals surface area (Å²) in [4.78, 5) is 23.5. The van der Waals surface area contributed by atoms with Crippen LogP contribution in [0.5, 0.6) is 0 Å². The minimum Gasteiger partial charge on any atom is -0.382 e. The molecule has 0 spiro atoms. The van der Waals surface area contributed by atoms with Crippen molar-refractivity contribution in [1.29, 1.82) is 0 Å². The van der Waals surface area contributed by atoms with Crippen molar-refractivity contribution in [2.75, 3.05) is 18.9 Å². The second-order valence-corrected chi connectivity index (χ2v) is 8.53. The average Bonchev–Trinajstić information content (AvgIpc) is 3.26. The van der Waals surface area contributed by atoms with Gasteiger partial charge >= 0.3 is 6.18 Å². The molecule has 4 aromatic rings. The first-order valence-electron chi connectivity index (χ1n) is 10.3. The first-order chi connectivity index (χ1) is 16.1. The van der Waals surface area contributed by atoms with Crippen LogP contribution in [-0.4, -0.2) is 43.9 Å². The Bertz CT molecular complexity index is 1430. The number of benzene rings is 2. The van der Waals surface area contributed by atoms with Crippen LogP contribution in [0.2, 0.25) is 0 Å². The maximum atomic E-state index is 14.6. The van der Waals surface area contributed by atoms with Crippen molar-refractivity contribution in [3.05, 3.63) is 71.4 Å². The summed E-state index contributed by atoms with van der Waals surface area (Å²) in [5.74, 6) is -1.16. The van der Waals surface area contributed by atoms with Crippen molar-refractivity contribution >= 4 is 28.3 Å². The molecule has 0 saturated carbocycles. The third-order valence-corrected chi connectivity index (χ3v) is 6.06. The van der Waals surface area contributed by atoms with Gasteiger partial charge in [0.1, 0.15) is 17.2 Å². The molecular weight excluding hydrogens is 454 g/mol. The van der Waals surface area contributed by atoms with Gasteiger partial charge in [0.25, 0.3) is 5.91 Å². The summed E-state index contributed by atoms with van der Waals surface area (Å²) in [5, 5.41) is 0. The highest BCUT2D eigenvalue weighted by molar-refractivity contribution is 5.98. The van der Waals surface area contributed by atoms with Crippen LogP contribution in [0.25, 0.3) is 16.6 Å². The molecule has 5 rings (SSSR count). The van der Waals surface area contributed by atoms with Gasteiger partial charge < -0.3 is 15.4 Å². The number of hydrogen-bond donors (Lipinski definition) is 1. The van der Waals surface area contributed by atoms with E-state index in [1.807, 2.05) is 0 Å². The van der Waals surface area contributed by atoms with Crippen molar-refractivity contribution in [3.63, 3.8) is 0 Å². The Kier molecular flexibility index (Phi) is 4.97. The number of amides is 1. The number of imidazole rings is 1. The number of nitrogens with zero attached hydrogens (tertiary/aromatic N) is 4. The van der Waals surface area contributed by atoms with Gasteiger partial charge in [0.2, 0.25) is 0 Å². The predicted molar refractivity (Wildman–Crippen MR) is 115 cm³/mol. The van der Waals surface area contributed by atoms with Crippen LogP contribution in [0.4, 0.5) is 23.4 Å². The fourth-order valence-corrected chi connectivity index (χ4v) is 4.05. The highest BCUT2D eigenvalue weighted by Gasteiger charge is 2.43. The SMILES string of the molecule is CC1(N(Cc2ccc(C(F)(F)F)cc2F)C(=O)c2ccc3nc(N)c4cncn4c3c2)COC1. The Hall–Kier alpha value is -3.73. The van der Waals surface area contributed by atoms with E-state index in [0.717, 1.165) is 12.1 Å². The standard InChI is InChI=1S/C23H19F4N5O2/c1-22(10-34-11-22)32(9-14-2-4-15(7-16(14)24)23(25,26)27)21(33)13-3-5-17-18(6-13)31-12-29-8-19(31)20(28)30-17/h2-8,12H,9-11H2,1H3,(H2,28,30). The number of rotatable bonds is 4. The summed E-state index contributed by atoms with van der Waals surface area (Å²) in [6.07, 6.45) is -1.55. The van der Waals surface area contributed by atoms with Crippen LogP contribution in [0.15, 0.2) is 48.9 Å². The lowest BCUT2D eigenvalue weighted by atomic mass is 9.95. The average molecular weight is 473 g/mol. The van der Waals surface area contributed by atoms with E-state index in [2.05, 4.69) is 9.97 Å². The first kappa shape index (κ1) is 22.1. The second-order valence-electron chi connectivity index (χ2n) is 8.53. The Morgan fingerprint density at radius 3 is 2.62 bits per heavy atom. The molecule has 0 atom stereocenters. The molecule has 2 aromatic carbocycles. The van der Waals surface area contributed by atoms with Crippen LogP contribution in [0.1, 0.15) is 28.4 Å². The van der Waals surface area contributed by atoms with Gasteiger partial charge in [0.15, 0.2) is 0 Å². The molecule has 11 heteroatoms. The van der Waals surface area contributed by atoms with E-state index in [4.69, 9.17) is 10.5 Å². The quantitative estimate of drug-likeness (QED) is 0.452. The molecule has 7 nitrogen and oxygen atoms in total. The van der Waals surface area contributed by atoms with Crippen molar-refractivity contribution in [2.45, 2.75) is 25.2 Å². The lowest BCUT2D eigenvalue weighted by Crippen LogP contribution is -2.61. The van der Waals surface area contributed by atoms with E-state index in [0.29, 0.717) is 34.0 Å². The molecule has 1 aliphatic heterocycles. The zero-order chi connectivity index (χ0) is 24.3. The van der Waals surface area contributed by atoms with Crippen molar-refractivity contribution < 1.29 is 27.1 Å². The molecule has 34 heavy (non-hydrogen) atoms. The van der Waals surface area contributed by atoms with E-state index in [1.165, 1.54) is 4.90 Å². The highest BCUT2D eigenvalue weighted by Crippen LogP contribution is 2.33. The highest BCUT2D eigenvalue weighted by atomic mass is 19.4. The summed E-state index contributed by atoms with van der Waals surface area (Å²) >= 11 is 0. The summed E-state index contributed by atoms with van der Waals surface area (Å²) in [6, 6.07) is 7.18. The van der Waals surface area contributed by atoms with Crippen LogP contribution >= 0.6 is 0 Å². The number of nitrogens with two attached hydrogens (primary N) is 1. The zero-order valence-electron chi connectivity index (χ0n) is 17.9. The van der Waals surface area contributed by atoms with Crippen LogP contribution < -0.4 is 5.73 Å². The number of fused-ring (bicyclic) bond motifs is 3. The monoisotopic (exact) mass is 473 g/mol. The maximum Gasteiger partial charge on any atom is 0.416 e. The summed E-state index contributed by atoms with van der Waals surface area (Å²) in [5.41, 5.74) is 6.15. The number of aromatic nitrogens is 3. The Labute approximate surface area is 190 Å². The number of anilines is 1. The number of carbonyl (C=O) groups is 1. The maximum absolute atomic E-state index is 14.6. The summed E-state index contributed by atoms with van der Waals surface area (Å²) < 4.78 is 60.4. The topological polar surface area (TPSA) is 85.8 Å². The van der Waals surface area contributed by atoms with Gasteiger partial charge in [-0.05, 0) is 37.3 Å². The Balaban J connectivity index is 1.54. The molecule has 176 valence electrons. The first-order valence-corrected chi connectivity index (χ1v) is 10.3. The second kappa shape index (κ2) is 7.66. The van der Waals surface area contributed by atoms with Crippen molar-refractivity contribution in [3.8, 4) is 0 Å². The fraction of sp³-hybridized carbons (Fsp3) is 0.261. The van der Waals surface area contributed by atoms with Crippen LogP contribution in [-0.2, 0) is 17.5 Å². The normalized spacial score (nSPS) is 15.4. The lowest BCUT2D eigenvalue weighted by molar-refractivity contribution is -0.137. The van der Waals surface area contributed by atoms with E-state index in [-0.39, 0.29) is 25.3 Å².